The summed E-state index contributed by atoms with van der Waals surface area (Å²) >= 11 is 0. The molecule has 148 valence electrons. The van der Waals surface area contributed by atoms with Crippen molar-refractivity contribution in [2.45, 2.75) is 12.3 Å². The average molecular weight is 398 g/mol. The van der Waals surface area contributed by atoms with Gasteiger partial charge in [0.1, 0.15) is 12.1 Å². The molecular weight excluding hydrogens is 381 g/mol. The summed E-state index contributed by atoms with van der Waals surface area (Å²) in [6.45, 7) is 0. The molecule has 1 aromatic heterocycles. The largest absolute Gasteiger partial charge is 0.496 e. The number of rotatable bonds is 4. The van der Waals surface area contributed by atoms with E-state index in [1.165, 1.54) is 18.2 Å². The van der Waals surface area contributed by atoms with Crippen LogP contribution in [0.25, 0.3) is 27.8 Å². The Bertz CT molecular complexity index is 1170. The van der Waals surface area contributed by atoms with Gasteiger partial charge in [0.15, 0.2) is 6.10 Å². The van der Waals surface area contributed by atoms with Gasteiger partial charge in [-0.25, -0.2) is 4.98 Å². The number of hydrogen-bond acceptors (Lipinski definition) is 3. The lowest BCUT2D eigenvalue weighted by Gasteiger charge is -2.15. The second-order valence-corrected chi connectivity index (χ2v) is 6.56. The van der Waals surface area contributed by atoms with E-state index < -0.39 is 12.3 Å². The van der Waals surface area contributed by atoms with E-state index in [9.17, 15) is 18.3 Å². The fourth-order valence-corrected chi connectivity index (χ4v) is 3.30. The number of fused-ring (bicyclic) bond motifs is 1. The molecule has 1 N–H and O–H groups in total. The highest BCUT2D eigenvalue weighted by atomic mass is 19.4. The van der Waals surface area contributed by atoms with Crippen LogP contribution in [0.15, 0.2) is 73.1 Å². The van der Waals surface area contributed by atoms with Gasteiger partial charge < -0.3 is 9.84 Å². The van der Waals surface area contributed by atoms with Gasteiger partial charge in [-0.1, -0.05) is 36.4 Å². The van der Waals surface area contributed by atoms with E-state index in [0.29, 0.717) is 11.0 Å². The number of aromatic nitrogens is 2. The van der Waals surface area contributed by atoms with E-state index in [0.717, 1.165) is 22.6 Å². The highest BCUT2D eigenvalue weighted by Gasteiger charge is 2.39. The molecule has 0 amide bonds. The van der Waals surface area contributed by atoms with Gasteiger partial charge in [-0.05, 0) is 41.5 Å². The molecule has 0 aliphatic rings. The Balaban J connectivity index is 1.76. The van der Waals surface area contributed by atoms with Crippen LogP contribution < -0.4 is 4.74 Å². The summed E-state index contributed by atoms with van der Waals surface area (Å²) in [5.41, 5.74) is 3.44. The standard InChI is InChI=1S/C22H17F3N2O2/c1-29-20-8-3-2-7-17(20)14-5-4-6-16(11-14)27-13-26-18-12-15(9-10-19(18)27)21(28)22(23,24)25/h2-13,21,28H,1H3. The van der Waals surface area contributed by atoms with Crippen LogP contribution in [0.5, 0.6) is 5.75 Å². The molecule has 0 aliphatic carbocycles. The number of para-hydroxylation sites is 1. The van der Waals surface area contributed by atoms with Crippen molar-refractivity contribution in [3.05, 3.63) is 78.6 Å². The lowest BCUT2D eigenvalue weighted by atomic mass is 10.0. The second-order valence-electron chi connectivity index (χ2n) is 6.56. The Labute approximate surface area is 164 Å². The van der Waals surface area contributed by atoms with Gasteiger partial charge in [-0.15, -0.1) is 0 Å². The summed E-state index contributed by atoms with van der Waals surface area (Å²) in [7, 11) is 1.61. The number of aliphatic hydroxyl groups excluding tert-OH is 1. The first kappa shape index (κ1) is 19.0. The summed E-state index contributed by atoms with van der Waals surface area (Å²) in [4.78, 5) is 4.22. The molecule has 29 heavy (non-hydrogen) atoms. The molecule has 1 atom stereocenters. The Kier molecular flexibility index (Phi) is 4.76. The third kappa shape index (κ3) is 3.56. The lowest BCUT2D eigenvalue weighted by Crippen LogP contribution is -2.20. The molecule has 1 unspecified atom stereocenters. The van der Waals surface area contributed by atoms with Crippen LogP contribution in [-0.2, 0) is 0 Å². The maximum absolute atomic E-state index is 12.8. The first-order chi connectivity index (χ1) is 13.9. The number of nitrogens with zero attached hydrogens (tertiary/aromatic N) is 2. The molecule has 3 aromatic carbocycles. The maximum Gasteiger partial charge on any atom is 0.418 e. The van der Waals surface area contributed by atoms with Crippen LogP contribution in [0.3, 0.4) is 0 Å². The lowest BCUT2D eigenvalue weighted by molar-refractivity contribution is -0.206. The molecule has 0 bridgehead atoms. The highest BCUT2D eigenvalue weighted by molar-refractivity contribution is 5.79. The van der Waals surface area contributed by atoms with E-state index in [1.54, 1.807) is 18.0 Å². The molecule has 4 nitrogen and oxygen atoms in total. The zero-order chi connectivity index (χ0) is 20.6. The van der Waals surface area contributed by atoms with Crippen molar-refractivity contribution in [3.63, 3.8) is 0 Å². The SMILES string of the molecule is COc1ccccc1-c1cccc(-n2cnc3cc(C(O)C(F)(F)F)ccc32)c1. The summed E-state index contributed by atoms with van der Waals surface area (Å²) in [5.74, 6) is 0.742. The number of halogens is 3. The van der Waals surface area contributed by atoms with Gasteiger partial charge >= 0.3 is 6.18 Å². The number of hydrogen-bond donors (Lipinski definition) is 1. The number of aliphatic hydroxyl groups is 1. The van der Waals surface area contributed by atoms with Gasteiger partial charge in [0, 0.05) is 11.3 Å². The summed E-state index contributed by atoms with van der Waals surface area (Å²) in [5, 5.41) is 9.48. The van der Waals surface area contributed by atoms with Gasteiger partial charge in [0.2, 0.25) is 0 Å². The molecule has 0 aliphatic heterocycles. The second kappa shape index (κ2) is 7.25. The van der Waals surface area contributed by atoms with E-state index in [2.05, 4.69) is 4.98 Å². The fourth-order valence-electron chi connectivity index (χ4n) is 3.30. The predicted molar refractivity (Wildman–Crippen MR) is 104 cm³/mol. The van der Waals surface area contributed by atoms with Crippen LogP contribution in [0.2, 0.25) is 0 Å². The van der Waals surface area contributed by atoms with E-state index in [-0.39, 0.29) is 5.56 Å². The van der Waals surface area contributed by atoms with Crippen LogP contribution in [0, 0.1) is 0 Å². The zero-order valence-corrected chi connectivity index (χ0v) is 15.4. The monoisotopic (exact) mass is 398 g/mol. The third-order valence-corrected chi connectivity index (χ3v) is 4.74. The Morgan fingerprint density at radius 3 is 2.55 bits per heavy atom. The Morgan fingerprint density at radius 1 is 1.00 bits per heavy atom. The van der Waals surface area contributed by atoms with Crippen molar-refractivity contribution in [1.29, 1.82) is 0 Å². The van der Waals surface area contributed by atoms with Gasteiger partial charge in [-0.3, -0.25) is 4.57 Å². The molecular formula is C22H17F3N2O2. The van der Waals surface area contributed by atoms with E-state index >= 15 is 0 Å². The van der Waals surface area contributed by atoms with Crippen LogP contribution >= 0.6 is 0 Å². The fraction of sp³-hybridized carbons (Fsp3) is 0.136. The van der Waals surface area contributed by atoms with Crippen molar-refractivity contribution >= 4 is 11.0 Å². The first-order valence-electron chi connectivity index (χ1n) is 8.84. The Morgan fingerprint density at radius 2 is 1.79 bits per heavy atom. The molecule has 4 aromatic rings. The van der Waals surface area contributed by atoms with Crippen LogP contribution in [0.1, 0.15) is 11.7 Å². The molecule has 0 spiro atoms. The minimum Gasteiger partial charge on any atom is -0.496 e. The number of imidazole rings is 1. The predicted octanol–water partition coefficient (Wildman–Crippen LogP) is 5.30. The number of benzene rings is 3. The van der Waals surface area contributed by atoms with E-state index in [4.69, 9.17) is 4.74 Å². The molecule has 0 saturated heterocycles. The third-order valence-electron chi connectivity index (χ3n) is 4.74. The molecule has 0 fully saturated rings. The van der Waals surface area contributed by atoms with Crippen molar-refractivity contribution < 1.29 is 23.0 Å². The maximum atomic E-state index is 12.8. The van der Waals surface area contributed by atoms with E-state index in [1.807, 2.05) is 48.5 Å². The zero-order valence-electron chi connectivity index (χ0n) is 15.4. The highest BCUT2D eigenvalue weighted by Crippen LogP contribution is 2.34. The van der Waals surface area contributed by atoms with Crippen LogP contribution in [0.4, 0.5) is 13.2 Å². The number of alkyl halides is 3. The normalized spacial score (nSPS) is 12.9. The molecule has 0 saturated carbocycles. The van der Waals surface area contributed by atoms with Crippen LogP contribution in [-0.4, -0.2) is 27.9 Å². The molecule has 0 radical (unpaired) electrons. The minimum atomic E-state index is -4.72. The summed E-state index contributed by atoms with van der Waals surface area (Å²) < 4.78 is 45.6. The smallest absolute Gasteiger partial charge is 0.418 e. The van der Waals surface area contributed by atoms with Gasteiger partial charge in [-0.2, -0.15) is 13.2 Å². The average Bonchev–Trinajstić information content (AvgIpc) is 3.16. The van der Waals surface area contributed by atoms with Gasteiger partial charge in [0.25, 0.3) is 0 Å². The summed E-state index contributed by atoms with van der Waals surface area (Å²) in [6, 6.07) is 19.4. The Hall–Kier alpha value is -3.32. The summed E-state index contributed by atoms with van der Waals surface area (Å²) in [6.07, 6.45) is -5.71. The molecule has 1 heterocycles. The van der Waals surface area contributed by atoms with Crippen molar-refractivity contribution in [3.8, 4) is 22.6 Å². The van der Waals surface area contributed by atoms with Crippen molar-refractivity contribution in [1.82, 2.24) is 9.55 Å². The van der Waals surface area contributed by atoms with Crippen molar-refractivity contribution in [2.24, 2.45) is 0 Å². The number of methoxy groups -OCH3 is 1. The minimum absolute atomic E-state index is 0.238. The van der Waals surface area contributed by atoms with Gasteiger partial charge in [0.05, 0.1) is 18.1 Å². The quantitative estimate of drug-likeness (QED) is 0.508. The number of ether oxygens (including phenoxy) is 1. The van der Waals surface area contributed by atoms with Crippen molar-refractivity contribution in [2.75, 3.05) is 7.11 Å². The molecule has 4 rings (SSSR count). The molecule has 7 heteroatoms. The topological polar surface area (TPSA) is 47.3 Å². The first-order valence-corrected chi connectivity index (χ1v) is 8.84.